The number of unbranched alkanes of at least 4 members (excludes halogenated alkanes) is 52. The van der Waals surface area contributed by atoms with Gasteiger partial charge in [0, 0.05) is 12.8 Å². The summed E-state index contributed by atoms with van der Waals surface area (Å²) in [5, 5.41) is 11.8. The van der Waals surface area contributed by atoms with Crippen LogP contribution in [-0.4, -0.2) is 82.3 Å². The molecular weight excluding hydrogens is 1130 g/mol. The lowest BCUT2D eigenvalue weighted by molar-refractivity contribution is -0.870. The molecule has 0 aliphatic rings. The zero-order chi connectivity index (χ0) is 66.1. The van der Waals surface area contributed by atoms with Gasteiger partial charge in [0.25, 0.3) is 0 Å². The predicted molar refractivity (Wildman–Crippen MR) is 389 cm³/mol. The molecule has 91 heavy (non-hydrogen) atoms. The predicted octanol–water partition coefficient (Wildman–Crippen LogP) is 23.9. The molecule has 0 aromatic heterocycles. The highest BCUT2D eigenvalue weighted by atomic mass is 16.7. The Morgan fingerprint density at radius 2 is 0.593 bits per heavy atom. The lowest BCUT2D eigenvalue weighted by Crippen LogP contribution is -2.44. The number of carbonyl (C=O) groups is 3. The van der Waals surface area contributed by atoms with E-state index >= 15 is 0 Å². The van der Waals surface area contributed by atoms with E-state index in [0.29, 0.717) is 17.4 Å². The summed E-state index contributed by atoms with van der Waals surface area (Å²) in [6, 6.07) is 0. The third kappa shape index (κ3) is 74.5. The van der Waals surface area contributed by atoms with Crippen molar-refractivity contribution in [3.05, 3.63) is 48.6 Å². The van der Waals surface area contributed by atoms with Gasteiger partial charge in [-0.3, -0.25) is 9.59 Å². The molecule has 0 heterocycles. The Balaban J connectivity index is 3.94. The van der Waals surface area contributed by atoms with Crippen LogP contribution in [-0.2, 0) is 33.3 Å². The summed E-state index contributed by atoms with van der Waals surface area (Å²) in [5.41, 5.74) is 0. The van der Waals surface area contributed by atoms with Gasteiger partial charge in [-0.2, -0.15) is 0 Å². The summed E-state index contributed by atoms with van der Waals surface area (Å²) < 4.78 is 22.9. The highest BCUT2D eigenvalue weighted by Gasteiger charge is 2.22. The van der Waals surface area contributed by atoms with Crippen LogP contribution in [0.4, 0.5) is 0 Å². The van der Waals surface area contributed by atoms with E-state index in [1.165, 1.54) is 321 Å². The van der Waals surface area contributed by atoms with Crippen LogP contribution >= 0.6 is 0 Å². The molecule has 0 aromatic rings. The van der Waals surface area contributed by atoms with Crippen LogP contribution in [0.5, 0.6) is 0 Å². The zero-order valence-electron chi connectivity index (χ0n) is 61.2. The molecule has 0 saturated heterocycles. The zero-order valence-corrected chi connectivity index (χ0v) is 61.2. The molecule has 9 heteroatoms. The third-order valence-electron chi connectivity index (χ3n) is 18.0. The minimum Gasteiger partial charge on any atom is -0.545 e. The Hall–Kier alpha value is -2.75. The van der Waals surface area contributed by atoms with Crippen LogP contribution in [0.2, 0.25) is 0 Å². The van der Waals surface area contributed by atoms with Crippen molar-refractivity contribution in [3.8, 4) is 0 Å². The number of nitrogens with zero attached hydrogens (tertiary/aromatic N) is 1. The summed E-state index contributed by atoms with van der Waals surface area (Å²) in [4.78, 5) is 37.6. The molecule has 0 fully saturated rings. The monoisotopic (exact) mass is 1280 g/mol. The first kappa shape index (κ1) is 88.2. The second-order valence-corrected chi connectivity index (χ2v) is 28.4. The Morgan fingerprint density at radius 3 is 0.890 bits per heavy atom. The first-order chi connectivity index (χ1) is 44.6. The molecule has 0 saturated carbocycles. The van der Waals surface area contributed by atoms with Crippen molar-refractivity contribution in [2.45, 2.75) is 411 Å². The maximum absolute atomic E-state index is 13.0. The molecule has 0 spiro atoms. The first-order valence-corrected chi connectivity index (χ1v) is 39.8. The number of likely N-dealkylation sites (N-methyl/N-ethyl adjacent to an activating group) is 1. The lowest BCUT2D eigenvalue weighted by atomic mass is 10.0. The standard InChI is InChI=1S/C82H153NO8/c1-6-8-10-12-14-16-18-20-22-24-26-28-30-32-33-34-35-36-37-38-39-40-41-42-43-44-45-46-47-49-51-53-55-57-59-61-63-65-67-69-71-73-80(85)91-78(77-90-82(81(86)87)88-75-74-83(3,4)5)76-89-79(84)72-70-68-66-64-62-60-58-56-54-52-50-48-31-29-27-25-23-21-19-17-15-13-11-9-7-2/h18,20,24-27,30,32,78,82H,6-17,19,21-23,28-29,31,33-77H2,1-5H3/b20-18-,26-24-,27-25-,32-30-. The van der Waals surface area contributed by atoms with Crippen LogP contribution in [0.1, 0.15) is 399 Å². The molecule has 0 rings (SSSR count). The molecule has 0 N–H and O–H groups in total. The van der Waals surface area contributed by atoms with Gasteiger partial charge in [-0.25, -0.2) is 0 Å². The van der Waals surface area contributed by atoms with Gasteiger partial charge in [-0.1, -0.05) is 358 Å². The SMILES string of the molecule is CCCCCCC/C=C\C/C=C\C/C=C\CCCCCCCCCCCCCCCCCCCCCCCCCCCCC(=O)OC(COC(=O)CCCCCCCCCCCCCCC/C=C\CCCCCCCCCC)COC(OCC[N+](C)(C)C)C(=O)[O-]. The molecule has 534 valence electrons. The smallest absolute Gasteiger partial charge is 0.306 e. The fourth-order valence-corrected chi connectivity index (χ4v) is 12.0. The highest BCUT2D eigenvalue weighted by Crippen LogP contribution is 2.19. The number of hydrogen-bond acceptors (Lipinski definition) is 8. The largest absolute Gasteiger partial charge is 0.545 e. The summed E-state index contributed by atoms with van der Waals surface area (Å²) >= 11 is 0. The van der Waals surface area contributed by atoms with Gasteiger partial charge in [-0.15, -0.1) is 0 Å². The van der Waals surface area contributed by atoms with Crippen molar-refractivity contribution in [1.82, 2.24) is 0 Å². The first-order valence-electron chi connectivity index (χ1n) is 39.8. The van der Waals surface area contributed by atoms with Crippen LogP contribution < -0.4 is 5.11 Å². The van der Waals surface area contributed by atoms with E-state index in [2.05, 4.69) is 62.5 Å². The van der Waals surface area contributed by atoms with Crippen molar-refractivity contribution >= 4 is 17.9 Å². The van der Waals surface area contributed by atoms with Crippen molar-refractivity contribution in [3.63, 3.8) is 0 Å². The molecular formula is C82H153NO8. The number of carboxylic acid groups (broad SMARTS) is 1. The number of allylic oxidation sites excluding steroid dienone is 8. The van der Waals surface area contributed by atoms with Gasteiger partial charge >= 0.3 is 11.9 Å². The molecule has 0 aliphatic carbocycles. The summed E-state index contributed by atoms with van der Waals surface area (Å²) in [6.07, 6.45) is 92.4. The van der Waals surface area contributed by atoms with E-state index in [9.17, 15) is 19.5 Å². The van der Waals surface area contributed by atoms with Gasteiger partial charge < -0.3 is 33.3 Å². The van der Waals surface area contributed by atoms with E-state index in [1.54, 1.807) is 0 Å². The second-order valence-electron chi connectivity index (χ2n) is 28.4. The number of carboxylic acids is 1. The summed E-state index contributed by atoms with van der Waals surface area (Å²) in [5.74, 6) is -2.25. The molecule has 9 nitrogen and oxygen atoms in total. The number of carbonyl (C=O) groups excluding carboxylic acids is 3. The normalized spacial score (nSPS) is 12.8. The van der Waals surface area contributed by atoms with Gasteiger partial charge in [0.05, 0.1) is 40.3 Å². The van der Waals surface area contributed by atoms with Gasteiger partial charge in [0.1, 0.15) is 13.2 Å². The summed E-state index contributed by atoms with van der Waals surface area (Å²) in [7, 11) is 5.95. The van der Waals surface area contributed by atoms with Gasteiger partial charge in [-0.05, 0) is 77.0 Å². The fourth-order valence-electron chi connectivity index (χ4n) is 12.0. The van der Waals surface area contributed by atoms with Crippen LogP contribution in [0.3, 0.4) is 0 Å². The molecule has 2 unspecified atom stereocenters. The van der Waals surface area contributed by atoms with Crippen molar-refractivity contribution in [2.75, 3.05) is 47.5 Å². The number of rotatable bonds is 75. The Morgan fingerprint density at radius 1 is 0.330 bits per heavy atom. The molecule has 0 amide bonds. The Labute approximate surface area is 565 Å². The third-order valence-corrected chi connectivity index (χ3v) is 18.0. The number of aliphatic carboxylic acids is 1. The number of ether oxygens (including phenoxy) is 4. The number of esters is 2. The maximum atomic E-state index is 13.0. The average Bonchev–Trinajstić information content (AvgIpc) is 3.53. The quantitative estimate of drug-likeness (QED) is 0.0195. The van der Waals surface area contributed by atoms with Gasteiger partial charge in [0.15, 0.2) is 12.4 Å². The molecule has 0 aliphatic heterocycles. The molecule has 2 atom stereocenters. The maximum Gasteiger partial charge on any atom is 0.306 e. The van der Waals surface area contributed by atoms with Crippen LogP contribution in [0.15, 0.2) is 48.6 Å². The Bertz CT molecular complexity index is 1630. The summed E-state index contributed by atoms with van der Waals surface area (Å²) in [6.45, 7) is 4.81. The van der Waals surface area contributed by atoms with Gasteiger partial charge in [0.2, 0.25) is 0 Å². The van der Waals surface area contributed by atoms with E-state index in [0.717, 1.165) is 51.4 Å². The van der Waals surface area contributed by atoms with Crippen molar-refractivity contribution in [1.29, 1.82) is 0 Å². The highest BCUT2D eigenvalue weighted by molar-refractivity contribution is 5.70. The van der Waals surface area contributed by atoms with E-state index in [4.69, 9.17) is 18.9 Å². The van der Waals surface area contributed by atoms with Crippen LogP contribution in [0.25, 0.3) is 0 Å². The van der Waals surface area contributed by atoms with Crippen LogP contribution in [0, 0.1) is 0 Å². The molecule has 0 bridgehead atoms. The van der Waals surface area contributed by atoms with E-state index in [1.807, 2.05) is 21.1 Å². The minimum absolute atomic E-state index is 0.150. The topological polar surface area (TPSA) is 111 Å². The number of hydrogen-bond donors (Lipinski definition) is 0. The minimum atomic E-state index is -1.62. The molecule has 0 radical (unpaired) electrons. The number of quaternary nitrogens is 1. The van der Waals surface area contributed by atoms with Crippen molar-refractivity contribution < 1.29 is 42.9 Å². The van der Waals surface area contributed by atoms with E-state index < -0.39 is 24.3 Å². The van der Waals surface area contributed by atoms with Crippen molar-refractivity contribution in [2.24, 2.45) is 0 Å². The van der Waals surface area contributed by atoms with E-state index in [-0.39, 0.29) is 32.2 Å². The molecule has 0 aromatic carbocycles. The second kappa shape index (κ2) is 73.1. The Kier molecular flexibility index (Phi) is 70.9. The average molecular weight is 1280 g/mol. The lowest BCUT2D eigenvalue weighted by Gasteiger charge is -2.26. The fraction of sp³-hybridized carbons (Fsp3) is 0.866.